The van der Waals surface area contributed by atoms with Crippen molar-refractivity contribution >= 4 is 65.7 Å². The quantitative estimate of drug-likeness (QED) is 0.210. The maximum atomic E-state index is 6.32. The molecule has 10 aromatic rings. The van der Waals surface area contributed by atoms with Gasteiger partial charge in [0.1, 0.15) is 22.3 Å². The van der Waals surface area contributed by atoms with Crippen LogP contribution in [0.3, 0.4) is 0 Å². The van der Waals surface area contributed by atoms with Gasteiger partial charge in [0, 0.05) is 49.1 Å². The van der Waals surface area contributed by atoms with Crippen molar-refractivity contribution in [1.82, 2.24) is 9.55 Å². The van der Waals surface area contributed by atoms with Crippen molar-refractivity contribution in [3.05, 3.63) is 146 Å². The van der Waals surface area contributed by atoms with E-state index >= 15 is 0 Å². The van der Waals surface area contributed by atoms with Gasteiger partial charge in [-0.2, -0.15) is 0 Å². The number of hydrogen-bond acceptors (Lipinski definition) is 3. The zero-order chi connectivity index (χ0) is 29.5. The number of rotatable bonds is 3. The molecule has 6 aromatic carbocycles. The molecule has 0 aliphatic heterocycles. The number of benzene rings is 6. The standard InChI is InChI=1S/C41H24N2O2/c1-4-16-36-27(9-1)28-10-2-5-17-37(28)43(36)26-20-22-40-33(24-26)32-23-25(19-21-39(32)44-40)34-14-8-15-35(42-34)31-13-7-12-30-29-11-3-6-18-38(29)45-41(30)31/h1-24H. The lowest BCUT2D eigenvalue weighted by Gasteiger charge is -2.08. The SMILES string of the molecule is c1cc(-c2ccc3oc4ccc(-n5c6ccccc6c6ccccc65)cc4c3c2)nc(-c2cccc3c2oc2ccccc23)c1. The Kier molecular flexibility index (Phi) is 4.96. The highest BCUT2D eigenvalue weighted by atomic mass is 16.3. The van der Waals surface area contributed by atoms with Crippen LogP contribution in [0.4, 0.5) is 0 Å². The predicted octanol–water partition coefficient (Wildman–Crippen LogP) is 11.3. The molecule has 4 heterocycles. The zero-order valence-corrected chi connectivity index (χ0v) is 24.1. The third-order valence-electron chi connectivity index (χ3n) is 9.02. The summed E-state index contributed by atoms with van der Waals surface area (Å²) in [5.74, 6) is 0. The molecule has 0 saturated heterocycles. The van der Waals surface area contributed by atoms with Crippen molar-refractivity contribution in [3.63, 3.8) is 0 Å². The molecule has 0 bridgehead atoms. The third-order valence-corrected chi connectivity index (χ3v) is 9.02. The summed E-state index contributed by atoms with van der Waals surface area (Å²) in [5.41, 5.74) is 10.7. The Morgan fingerprint density at radius 2 is 1.04 bits per heavy atom. The molecule has 4 aromatic heterocycles. The molecule has 0 aliphatic carbocycles. The summed E-state index contributed by atoms with van der Waals surface area (Å²) < 4.78 is 15.0. The minimum atomic E-state index is 0.858. The Balaban J connectivity index is 1.13. The summed E-state index contributed by atoms with van der Waals surface area (Å²) in [6.45, 7) is 0. The van der Waals surface area contributed by atoms with Gasteiger partial charge in [0.25, 0.3) is 0 Å². The maximum absolute atomic E-state index is 6.32. The molecular formula is C41H24N2O2. The van der Waals surface area contributed by atoms with Gasteiger partial charge < -0.3 is 13.4 Å². The molecule has 0 unspecified atom stereocenters. The zero-order valence-electron chi connectivity index (χ0n) is 24.1. The van der Waals surface area contributed by atoms with Crippen molar-refractivity contribution < 1.29 is 8.83 Å². The Hall–Kier alpha value is -6.13. The summed E-state index contributed by atoms with van der Waals surface area (Å²) in [6.07, 6.45) is 0. The fraction of sp³-hybridized carbons (Fsp3) is 0. The van der Waals surface area contributed by atoms with E-state index in [0.29, 0.717) is 0 Å². The van der Waals surface area contributed by atoms with Crippen LogP contribution in [-0.2, 0) is 0 Å². The number of pyridine rings is 1. The van der Waals surface area contributed by atoms with E-state index in [1.165, 1.54) is 21.8 Å². The summed E-state index contributed by atoms with van der Waals surface area (Å²) in [5, 5.41) is 6.85. The van der Waals surface area contributed by atoms with Gasteiger partial charge >= 0.3 is 0 Å². The van der Waals surface area contributed by atoms with Crippen LogP contribution >= 0.6 is 0 Å². The van der Waals surface area contributed by atoms with Crippen LogP contribution in [-0.4, -0.2) is 9.55 Å². The monoisotopic (exact) mass is 576 g/mol. The molecule has 0 radical (unpaired) electrons. The summed E-state index contributed by atoms with van der Waals surface area (Å²) >= 11 is 0. The minimum absolute atomic E-state index is 0.858. The fourth-order valence-electron chi connectivity index (χ4n) is 6.96. The first-order valence-electron chi connectivity index (χ1n) is 15.1. The highest BCUT2D eigenvalue weighted by Gasteiger charge is 2.16. The highest BCUT2D eigenvalue weighted by Crippen LogP contribution is 2.38. The Morgan fingerprint density at radius 1 is 0.422 bits per heavy atom. The van der Waals surface area contributed by atoms with E-state index < -0.39 is 0 Å². The number of furan rings is 2. The lowest BCUT2D eigenvalue weighted by Crippen LogP contribution is -1.93. The first kappa shape index (κ1) is 24.3. The molecule has 0 aliphatic rings. The summed E-state index contributed by atoms with van der Waals surface area (Å²) in [7, 11) is 0. The van der Waals surface area contributed by atoms with E-state index in [0.717, 1.165) is 72.1 Å². The molecule has 4 nitrogen and oxygen atoms in total. The van der Waals surface area contributed by atoms with Crippen LogP contribution in [0.25, 0.3) is 93.9 Å². The van der Waals surface area contributed by atoms with Crippen LogP contribution in [0.1, 0.15) is 0 Å². The van der Waals surface area contributed by atoms with Crippen molar-refractivity contribution in [2.24, 2.45) is 0 Å². The molecule has 0 atom stereocenters. The lowest BCUT2D eigenvalue weighted by atomic mass is 10.0. The van der Waals surface area contributed by atoms with Crippen LogP contribution in [0.5, 0.6) is 0 Å². The molecule has 0 N–H and O–H groups in total. The molecule has 4 heteroatoms. The molecule has 45 heavy (non-hydrogen) atoms. The Labute approximate surface area is 257 Å². The number of nitrogens with zero attached hydrogens (tertiary/aromatic N) is 2. The van der Waals surface area contributed by atoms with Gasteiger partial charge in [-0.05, 0) is 72.8 Å². The van der Waals surface area contributed by atoms with Gasteiger partial charge in [-0.1, -0.05) is 72.8 Å². The average molecular weight is 577 g/mol. The van der Waals surface area contributed by atoms with Gasteiger partial charge in [-0.3, -0.25) is 0 Å². The second-order valence-corrected chi connectivity index (χ2v) is 11.6. The first-order chi connectivity index (χ1) is 22.3. The largest absolute Gasteiger partial charge is 0.456 e. The van der Waals surface area contributed by atoms with Gasteiger partial charge in [-0.15, -0.1) is 0 Å². The Bertz CT molecular complexity index is 2720. The van der Waals surface area contributed by atoms with Crippen LogP contribution < -0.4 is 0 Å². The average Bonchev–Trinajstić information content (AvgIpc) is 3.77. The van der Waals surface area contributed by atoms with Gasteiger partial charge in [0.15, 0.2) is 0 Å². The molecule has 0 fully saturated rings. The van der Waals surface area contributed by atoms with E-state index in [2.05, 4.69) is 132 Å². The third kappa shape index (κ3) is 3.57. The van der Waals surface area contributed by atoms with Crippen LogP contribution in [0.15, 0.2) is 154 Å². The van der Waals surface area contributed by atoms with Crippen LogP contribution in [0.2, 0.25) is 0 Å². The van der Waals surface area contributed by atoms with E-state index in [-0.39, 0.29) is 0 Å². The molecule has 0 saturated carbocycles. The molecule has 10 rings (SSSR count). The number of hydrogen-bond donors (Lipinski definition) is 0. The van der Waals surface area contributed by atoms with E-state index in [1.54, 1.807) is 0 Å². The van der Waals surface area contributed by atoms with E-state index in [1.807, 2.05) is 18.2 Å². The minimum Gasteiger partial charge on any atom is -0.456 e. The van der Waals surface area contributed by atoms with Crippen LogP contribution in [0, 0.1) is 0 Å². The smallest absolute Gasteiger partial charge is 0.144 e. The molecular weight excluding hydrogens is 552 g/mol. The number of aromatic nitrogens is 2. The Morgan fingerprint density at radius 3 is 1.87 bits per heavy atom. The molecule has 0 spiro atoms. The number of para-hydroxylation sites is 4. The molecule has 210 valence electrons. The maximum Gasteiger partial charge on any atom is 0.144 e. The lowest BCUT2D eigenvalue weighted by molar-refractivity contribution is 0.669. The van der Waals surface area contributed by atoms with E-state index in [4.69, 9.17) is 13.8 Å². The summed E-state index contributed by atoms with van der Waals surface area (Å²) in [4.78, 5) is 5.14. The normalized spacial score (nSPS) is 12.0. The topological polar surface area (TPSA) is 44.1 Å². The molecule has 0 amide bonds. The van der Waals surface area contributed by atoms with Gasteiger partial charge in [-0.25, -0.2) is 4.98 Å². The van der Waals surface area contributed by atoms with Crippen molar-refractivity contribution in [1.29, 1.82) is 0 Å². The number of fused-ring (bicyclic) bond motifs is 9. The summed E-state index contributed by atoms with van der Waals surface area (Å²) in [6, 6.07) is 50.6. The van der Waals surface area contributed by atoms with E-state index in [9.17, 15) is 0 Å². The fourth-order valence-corrected chi connectivity index (χ4v) is 6.96. The second-order valence-electron chi connectivity index (χ2n) is 11.6. The second kappa shape index (κ2) is 9.18. The van der Waals surface area contributed by atoms with Gasteiger partial charge in [0.2, 0.25) is 0 Å². The van der Waals surface area contributed by atoms with Crippen molar-refractivity contribution in [2.45, 2.75) is 0 Å². The first-order valence-corrected chi connectivity index (χ1v) is 15.1. The van der Waals surface area contributed by atoms with Crippen molar-refractivity contribution in [2.75, 3.05) is 0 Å². The predicted molar refractivity (Wildman–Crippen MR) is 184 cm³/mol. The highest BCUT2D eigenvalue weighted by molar-refractivity contribution is 6.11. The van der Waals surface area contributed by atoms with Crippen molar-refractivity contribution in [3.8, 4) is 28.2 Å². The van der Waals surface area contributed by atoms with Gasteiger partial charge in [0.05, 0.1) is 22.4 Å².